The van der Waals surface area contributed by atoms with Gasteiger partial charge in [0.15, 0.2) is 0 Å². The number of hydrogen-bond donors (Lipinski definition) is 0. The molecule has 0 amide bonds. The van der Waals surface area contributed by atoms with Crippen molar-refractivity contribution < 1.29 is 0 Å². The predicted molar refractivity (Wildman–Crippen MR) is 105 cm³/mol. The van der Waals surface area contributed by atoms with E-state index in [4.69, 9.17) is 0 Å². The summed E-state index contributed by atoms with van der Waals surface area (Å²) in [6.07, 6.45) is 2.26. The molecule has 0 N–H and O–H groups in total. The second-order valence-electron chi connectivity index (χ2n) is 6.85. The van der Waals surface area contributed by atoms with Crippen LogP contribution in [0.5, 0.6) is 0 Å². The molecule has 3 aromatic carbocycles. The summed E-state index contributed by atoms with van der Waals surface area (Å²) < 4.78 is 0. The van der Waals surface area contributed by atoms with E-state index in [0.29, 0.717) is 6.04 Å². The van der Waals surface area contributed by atoms with Gasteiger partial charge in [-0.1, -0.05) is 85.8 Å². The summed E-state index contributed by atoms with van der Waals surface area (Å²) in [4.78, 5) is 2.61. The second kappa shape index (κ2) is 7.25. The molecule has 0 atom stereocenters. The Morgan fingerprint density at radius 1 is 0.720 bits per heavy atom. The van der Waals surface area contributed by atoms with Gasteiger partial charge in [0.2, 0.25) is 0 Å². The highest BCUT2D eigenvalue weighted by atomic mass is 15.1. The molecule has 0 bridgehead atoms. The Kier molecular flexibility index (Phi) is 4.67. The van der Waals surface area contributed by atoms with E-state index in [0.717, 1.165) is 25.9 Å². The first-order chi connectivity index (χ1) is 12.4. The first kappa shape index (κ1) is 16.1. The van der Waals surface area contributed by atoms with E-state index in [-0.39, 0.29) is 0 Å². The third-order valence-electron chi connectivity index (χ3n) is 5.36. The molecule has 0 aliphatic heterocycles. The number of nitrogens with zero attached hydrogens (tertiary/aromatic N) is 1. The second-order valence-corrected chi connectivity index (χ2v) is 6.85. The fraction of sp³-hybridized carbons (Fsp3) is 0.250. The molecule has 0 spiro atoms. The van der Waals surface area contributed by atoms with Gasteiger partial charge in [-0.15, -0.1) is 0 Å². The lowest BCUT2D eigenvalue weighted by atomic mass is 9.93. The monoisotopic (exact) mass is 327 g/mol. The minimum Gasteiger partial charge on any atom is -0.288 e. The van der Waals surface area contributed by atoms with Crippen molar-refractivity contribution in [1.82, 2.24) is 4.90 Å². The molecule has 0 fully saturated rings. The highest BCUT2D eigenvalue weighted by molar-refractivity contribution is 5.44. The van der Waals surface area contributed by atoms with Crippen LogP contribution in [0.25, 0.3) is 0 Å². The van der Waals surface area contributed by atoms with Crippen molar-refractivity contribution in [2.24, 2.45) is 0 Å². The molecule has 0 heterocycles. The molecule has 0 unspecified atom stereocenters. The normalized spacial score (nSPS) is 14.0. The lowest BCUT2D eigenvalue weighted by molar-refractivity contribution is 0.228. The lowest BCUT2D eigenvalue weighted by Gasteiger charge is -2.33. The molecule has 1 aliphatic carbocycles. The van der Waals surface area contributed by atoms with Crippen molar-refractivity contribution >= 4 is 0 Å². The fourth-order valence-electron chi connectivity index (χ4n) is 4.09. The van der Waals surface area contributed by atoms with Gasteiger partial charge in [-0.05, 0) is 47.2 Å². The Labute approximate surface area is 150 Å². The Balaban J connectivity index is 1.80. The number of hydrogen-bond acceptors (Lipinski definition) is 1. The highest BCUT2D eigenvalue weighted by Gasteiger charge is 2.27. The summed E-state index contributed by atoms with van der Waals surface area (Å²) in [5, 5.41) is 0. The van der Waals surface area contributed by atoms with Crippen LogP contribution in [0.4, 0.5) is 0 Å². The van der Waals surface area contributed by atoms with Gasteiger partial charge in [0.05, 0.1) is 6.04 Å². The molecule has 4 rings (SSSR count). The molecular weight excluding hydrogens is 302 g/mol. The third kappa shape index (κ3) is 3.25. The summed E-state index contributed by atoms with van der Waals surface area (Å²) in [6.45, 7) is 4.28. The van der Waals surface area contributed by atoms with Crippen molar-refractivity contribution in [3.8, 4) is 0 Å². The van der Waals surface area contributed by atoms with Gasteiger partial charge in [0, 0.05) is 6.54 Å². The molecule has 0 saturated heterocycles. The predicted octanol–water partition coefficient (Wildman–Crippen LogP) is 5.40. The van der Waals surface area contributed by atoms with E-state index >= 15 is 0 Å². The number of aryl methyl sites for hydroxylation is 2. The Morgan fingerprint density at radius 3 is 1.80 bits per heavy atom. The summed E-state index contributed by atoms with van der Waals surface area (Å²) in [6, 6.07) is 29.2. The van der Waals surface area contributed by atoms with Crippen LogP contribution >= 0.6 is 0 Å². The maximum Gasteiger partial charge on any atom is 0.0609 e. The van der Waals surface area contributed by atoms with Crippen molar-refractivity contribution in [3.05, 3.63) is 107 Å². The quantitative estimate of drug-likeness (QED) is 0.620. The molecule has 1 heteroatoms. The van der Waals surface area contributed by atoms with Crippen LogP contribution in [0.1, 0.15) is 40.8 Å². The first-order valence-corrected chi connectivity index (χ1v) is 9.30. The van der Waals surface area contributed by atoms with Gasteiger partial charge in [-0.2, -0.15) is 0 Å². The summed E-state index contributed by atoms with van der Waals surface area (Å²) in [5.74, 6) is 0. The number of fused-ring (bicyclic) bond motifs is 2. The molecule has 126 valence electrons. The van der Waals surface area contributed by atoms with E-state index in [1.54, 1.807) is 0 Å². The minimum absolute atomic E-state index is 0.333. The van der Waals surface area contributed by atoms with Crippen molar-refractivity contribution in [3.63, 3.8) is 0 Å². The molecule has 1 aliphatic rings. The molecular formula is C24H25N. The average Bonchev–Trinajstić information content (AvgIpc) is 2.84. The van der Waals surface area contributed by atoms with Crippen LogP contribution in [0.15, 0.2) is 78.9 Å². The molecule has 25 heavy (non-hydrogen) atoms. The van der Waals surface area contributed by atoms with E-state index in [9.17, 15) is 0 Å². The van der Waals surface area contributed by atoms with E-state index in [2.05, 4.69) is 90.7 Å². The average molecular weight is 327 g/mol. The van der Waals surface area contributed by atoms with Gasteiger partial charge in [-0.25, -0.2) is 0 Å². The van der Waals surface area contributed by atoms with E-state index in [1.807, 2.05) is 0 Å². The zero-order chi connectivity index (χ0) is 17.1. The maximum absolute atomic E-state index is 2.61. The van der Waals surface area contributed by atoms with Crippen LogP contribution in [0.2, 0.25) is 0 Å². The largest absolute Gasteiger partial charge is 0.288 e. The zero-order valence-electron chi connectivity index (χ0n) is 14.9. The van der Waals surface area contributed by atoms with Crippen LogP contribution < -0.4 is 0 Å². The van der Waals surface area contributed by atoms with Crippen LogP contribution in [0.3, 0.4) is 0 Å². The van der Waals surface area contributed by atoms with Crippen molar-refractivity contribution in [2.75, 3.05) is 6.54 Å². The van der Waals surface area contributed by atoms with Crippen molar-refractivity contribution in [2.45, 2.75) is 32.4 Å². The first-order valence-electron chi connectivity index (χ1n) is 9.30. The van der Waals surface area contributed by atoms with Gasteiger partial charge in [0.1, 0.15) is 0 Å². The lowest BCUT2D eigenvalue weighted by Crippen LogP contribution is -2.29. The number of benzene rings is 3. The third-order valence-corrected chi connectivity index (χ3v) is 5.36. The zero-order valence-corrected chi connectivity index (χ0v) is 14.9. The number of rotatable bonds is 4. The molecule has 0 saturated carbocycles. The van der Waals surface area contributed by atoms with Crippen LogP contribution in [-0.4, -0.2) is 11.4 Å². The van der Waals surface area contributed by atoms with Crippen LogP contribution in [0, 0.1) is 0 Å². The Morgan fingerprint density at radius 2 is 1.24 bits per heavy atom. The molecule has 1 nitrogen and oxygen atoms in total. The van der Waals surface area contributed by atoms with Gasteiger partial charge < -0.3 is 0 Å². The highest BCUT2D eigenvalue weighted by Crippen LogP contribution is 2.37. The van der Waals surface area contributed by atoms with E-state index < -0.39 is 0 Å². The molecule has 3 aromatic rings. The van der Waals surface area contributed by atoms with Crippen molar-refractivity contribution in [1.29, 1.82) is 0 Å². The molecule has 0 aromatic heterocycles. The Hall–Kier alpha value is -2.38. The summed E-state index contributed by atoms with van der Waals surface area (Å²) >= 11 is 0. The summed E-state index contributed by atoms with van der Waals surface area (Å²) in [7, 11) is 0. The maximum atomic E-state index is 2.61. The molecule has 0 radical (unpaired) electrons. The van der Waals surface area contributed by atoms with E-state index in [1.165, 1.54) is 27.8 Å². The van der Waals surface area contributed by atoms with Gasteiger partial charge >= 0.3 is 0 Å². The van der Waals surface area contributed by atoms with Crippen LogP contribution in [-0.2, 0) is 19.4 Å². The SMILES string of the molecule is CCN(Cc1ccccc1)C1c2ccccc2CCc2ccccc21. The topological polar surface area (TPSA) is 3.24 Å². The fourth-order valence-corrected chi connectivity index (χ4v) is 4.09. The Bertz CT molecular complexity index is 790. The standard InChI is InChI=1S/C24H25N/c1-2-25(18-19-10-4-3-5-11-19)24-22-14-8-6-12-20(22)16-17-21-13-7-9-15-23(21)24/h3-15,24H,2,16-18H2,1H3. The smallest absolute Gasteiger partial charge is 0.0609 e. The summed E-state index contributed by atoms with van der Waals surface area (Å²) in [5.41, 5.74) is 7.32. The minimum atomic E-state index is 0.333. The van der Waals surface area contributed by atoms with Gasteiger partial charge in [0.25, 0.3) is 0 Å². The van der Waals surface area contributed by atoms with Gasteiger partial charge in [-0.3, -0.25) is 4.90 Å².